The van der Waals surface area contributed by atoms with Crippen LogP contribution in [0, 0.1) is 6.92 Å². The number of thiophene rings is 1. The van der Waals surface area contributed by atoms with Crippen molar-refractivity contribution in [3.63, 3.8) is 0 Å². The molecule has 0 aromatic carbocycles. The maximum atomic E-state index is 12.8. The molecule has 112 valence electrons. The number of carbonyl (C=O) groups is 1. The third-order valence-electron chi connectivity index (χ3n) is 3.30. The van der Waals surface area contributed by atoms with Crippen molar-refractivity contribution >= 4 is 27.3 Å². The molecule has 6 nitrogen and oxygen atoms in total. The Morgan fingerprint density at radius 1 is 1.55 bits per heavy atom. The van der Waals surface area contributed by atoms with Crippen LogP contribution in [0.25, 0.3) is 0 Å². The lowest BCUT2D eigenvalue weighted by Gasteiger charge is -2.33. The first-order valence-electron chi connectivity index (χ1n) is 6.28. The fourth-order valence-electron chi connectivity index (χ4n) is 2.28. The van der Waals surface area contributed by atoms with Gasteiger partial charge in [-0.05, 0) is 24.8 Å². The first kappa shape index (κ1) is 15.4. The van der Waals surface area contributed by atoms with E-state index < -0.39 is 16.0 Å². The molecule has 0 amide bonds. The van der Waals surface area contributed by atoms with Gasteiger partial charge in [-0.3, -0.25) is 0 Å². The number of sulfonamides is 1. The van der Waals surface area contributed by atoms with Crippen molar-refractivity contribution in [3.8, 4) is 0 Å². The van der Waals surface area contributed by atoms with E-state index in [4.69, 9.17) is 0 Å². The summed E-state index contributed by atoms with van der Waals surface area (Å²) in [5.74, 6) is -0.607. The normalized spacial score (nSPS) is 20.9. The molecule has 20 heavy (non-hydrogen) atoms. The van der Waals surface area contributed by atoms with Gasteiger partial charge in [0, 0.05) is 25.7 Å². The first-order valence-corrected chi connectivity index (χ1v) is 8.60. The third kappa shape index (κ3) is 2.60. The minimum absolute atomic E-state index is 0.0862. The topological polar surface area (TPSA) is 75.7 Å². The largest absolute Gasteiger partial charge is 0.465 e. The molecule has 1 N–H and O–H groups in total. The average molecular weight is 318 g/mol. The molecule has 0 spiro atoms. The highest BCUT2D eigenvalue weighted by molar-refractivity contribution is 7.89. The van der Waals surface area contributed by atoms with Crippen LogP contribution in [0.15, 0.2) is 10.3 Å². The fraction of sp³-hybridized carbons (Fsp3) is 0.583. The lowest BCUT2D eigenvalue weighted by Crippen LogP contribution is -2.52. The summed E-state index contributed by atoms with van der Waals surface area (Å²) in [6.45, 7) is 5.17. The molecule has 1 aliphatic heterocycles. The van der Waals surface area contributed by atoms with Gasteiger partial charge < -0.3 is 10.1 Å². The number of piperazine rings is 1. The lowest BCUT2D eigenvalue weighted by atomic mass is 10.3. The summed E-state index contributed by atoms with van der Waals surface area (Å²) >= 11 is 1.10. The van der Waals surface area contributed by atoms with Gasteiger partial charge in [-0.1, -0.05) is 0 Å². The molecule has 0 saturated carbocycles. The van der Waals surface area contributed by atoms with Crippen molar-refractivity contribution in [1.82, 2.24) is 9.62 Å². The van der Waals surface area contributed by atoms with Crippen molar-refractivity contribution in [2.24, 2.45) is 0 Å². The number of methoxy groups -OCH3 is 1. The summed E-state index contributed by atoms with van der Waals surface area (Å²) in [4.78, 5) is 12.0. The highest BCUT2D eigenvalue weighted by atomic mass is 32.2. The van der Waals surface area contributed by atoms with Gasteiger partial charge in [-0.15, -0.1) is 11.3 Å². The maximum Gasteiger partial charge on any atom is 0.349 e. The summed E-state index contributed by atoms with van der Waals surface area (Å²) < 4.78 is 31.8. The summed E-state index contributed by atoms with van der Waals surface area (Å²) in [6, 6.07) is -0.140. The smallest absolute Gasteiger partial charge is 0.349 e. The number of nitrogens with one attached hydrogen (secondary N) is 1. The maximum absolute atomic E-state index is 12.8. The van der Waals surface area contributed by atoms with Gasteiger partial charge >= 0.3 is 5.97 Å². The molecule has 1 saturated heterocycles. The minimum atomic E-state index is -3.68. The molecule has 0 bridgehead atoms. The number of aryl methyl sites for hydroxylation is 1. The van der Waals surface area contributed by atoms with Crippen LogP contribution in [0.4, 0.5) is 0 Å². The van der Waals surface area contributed by atoms with E-state index in [1.807, 2.05) is 6.92 Å². The van der Waals surface area contributed by atoms with E-state index in [9.17, 15) is 13.2 Å². The van der Waals surface area contributed by atoms with E-state index in [-0.39, 0.29) is 15.8 Å². The predicted molar refractivity (Wildman–Crippen MR) is 76.6 cm³/mol. The predicted octanol–water partition coefficient (Wildman–Crippen LogP) is 0.826. The molecule has 0 aliphatic carbocycles. The van der Waals surface area contributed by atoms with Crippen molar-refractivity contribution in [1.29, 1.82) is 0 Å². The Balaban J connectivity index is 2.49. The Kier molecular flexibility index (Phi) is 4.48. The number of hydrogen-bond acceptors (Lipinski definition) is 6. The molecule has 1 fully saturated rings. The van der Waals surface area contributed by atoms with Crippen LogP contribution in [0.5, 0.6) is 0 Å². The number of esters is 1. The Bertz CT molecular complexity index is 609. The molecular weight excluding hydrogens is 300 g/mol. The monoisotopic (exact) mass is 318 g/mol. The molecule has 0 radical (unpaired) electrons. The summed E-state index contributed by atoms with van der Waals surface area (Å²) in [6.07, 6.45) is 0. The molecule has 1 aromatic heterocycles. The Morgan fingerprint density at radius 3 is 2.85 bits per heavy atom. The summed E-state index contributed by atoms with van der Waals surface area (Å²) in [5.41, 5.74) is 0.584. The van der Waals surface area contributed by atoms with Crippen LogP contribution >= 0.6 is 11.3 Å². The van der Waals surface area contributed by atoms with E-state index in [0.29, 0.717) is 25.2 Å². The van der Waals surface area contributed by atoms with E-state index in [1.54, 1.807) is 12.3 Å². The highest BCUT2D eigenvalue weighted by Crippen LogP contribution is 2.31. The zero-order chi connectivity index (χ0) is 14.9. The zero-order valence-electron chi connectivity index (χ0n) is 11.7. The van der Waals surface area contributed by atoms with Gasteiger partial charge in [-0.25, -0.2) is 13.2 Å². The zero-order valence-corrected chi connectivity index (χ0v) is 13.3. The first-order chi connectivity index (χ1) is 9.39. The molecule has 1 aliphatic rings. The fourth-order valence-corrected chi connectivity index (χ4v) is 5.58. The van der Waals surface area contributed by atoms with Gasteiger partial charge in [0.1, 0.15) is 9.77 Å². The average Bonchev–Trinajstić information content (AvgIpc) is 2.80. The number of ether oxygens (including phenoxy) is 1. The Morgan fingerprint density at radius 2 is 2.25 bits per heavy atom. The van der Waals surface area contributed by atoms with E-state index in [2.05, 4.69) is 10.1 Å². The third-order valence-corrected chi connectivity index (χ3v) is 6.70. The molecule has 2 rings (SSSR count). The van der Waals surface area contributed by atoms with Crippen LogP contribution in [-0.2, 0) is 14.8 Å². The number of nitrogens with zero attached hydrogens (tertiary/aromatic N) is 1. The lowest BCUT2D eigenvalue weighted by molar-refractivity contribution is 0.0602. The van der Waals surface area contributed by atoms with Crippen LogP contribution in [0.1, 0.15) is 22.2 Å². The standard InChI is InChI=1S/C12H18N2O4S2/c1-8-7-19-10(12(15)18-3)11(8)20(16,17)14-5-4-13-6-9(14)2/h7,9,13H,4-6H2,1-3H3/t9-/m0/s1. The summed E-state index contributed by atoms with van der Waals surface area (Å²) in [5, 5.41) is 4.82. The van der Waals surface area contributed by atoms with Crippen molar-refractivity contribution < 1.29 is 17.9 Å². The second-order valence-corrected chi connectivity index (χ2v) is 7.44. The van der Waals surface area contributed by atoms with E-state index in [0.717, 1.165) is 11.3 Å². The van der Waals surface area contributed by atoms with Gasteiger partial charge in [0.25, 0.3) is 0 Å². The van der Waals surface area contributed by atoms with Crippen molar-refractivity contribution in [3.05, 3.63) is 15.8 Å². The van der Waals surface area contributed by atoms with Gasteiger partial charge in [-0.2, -0.15) is 4.31 Å². The molecule has 1 aromatic rings. The van der Waals surface area contributed by atoms with Crippen LogP contribution < -0.4 is 5.32 Å². The van der Waals surface area contributed by atoms with Gasteiger partial charge in [0.15, 0.2) is 0 Å². The Hall–Kier alpha value is -0.960. The number of rotatable bonds is 3. The van der Waals surface area contributed by atoms with E-state index >= 15 is 0 Å². The Labute approximate surface area is 122 Å². The quantitative estimate of drug-likeness (QED) is 0.835. The van der Waals surface area contributed by atoms with Gasteiger partial charge in [0.2, 0.25) is 10.0 Å². The summed E-state index contributed by atoms with van der Waals surface area (Å²) in [7, 11) is -2.43. The van der Waals surface area contributed by atoms with Gasteiger partial charge in [0.05, 0.1) is 7.11 Å². The van der Waals surface area contributed by atoms with Crippen LogP contribution in [0.3, 0.4) is 0 Å². The highest BCUT2D eigenvalue weighted by Gasteiger charge is 2.36. The second-order valence-electron chi connectivity index (χ2n) is 4.74. The number of carbonyl (C=O) groups excluding carboxylic acids is 1. The second kappa shape index (κ2) is 5.80. The van der Waals surface area contributed by atoms with E-state index in [1.165, 1.54) is 11.4 Å². The molecule has 2 heterocycles. The molecule has 1 atom stereocenters. The molecule has 8 heteroatoms. The number of hydrogen-bond donors (Lipinski definition) is 1. The van der Waals surface area contributed by atoms with Crippen LogP contribution in [-0.4, -0.2) is 51.5 Å². The van der Waals surface area contributed by atoms with Crippen LogP contribution in [0.2, 0.25) is 0 Å². The van der Waals surface area contributed by atoms with Crippen molar-refractivity contribution in [2.45, 2.75) is 24.8 Å². The molecule has 0 unspecified atom stereocenters. The minimum Gasteiger partial charge on any atom is -0.465 e. The molecular formula is C12H18N2O4S2. The van der Waals surface area contributed by atoms with Crippen molar-refractivity contribution in [2.75, 3.05) is 26.7 Å². The SMILES string of the molecule is COC(=O)c1scc(C)c1S(=O)(=O)N1CCNC[C@@H]1C.